The molecule has 162 valence electrons. The Labute approximate surface area is 178 Å². The zero-order valence-corrected chi connectivity index (χ0v) is 19.0. The Morgan fingerprint density at radius 2 is 1.70 bits per heavy atom. The molecule has 1 N–H and O–H groups in total. The number of aryl methyl sites for hydroxylation is 2. The van der Waals surface area contributed by atoms with Crippen molar-refractivity contribution in [3.63, 3.8) is 0 Å². The van der Waals surface area contributed by atoms with Crippen LogP contribution in [0.25, 0.3) is 0 Å². The number of halogens is 1. The minimum atomic E-state index is -2.16. The van der Waals surface area contributed by atoms with Gasteiger partial charge in [0.1, 0.15) is 0 Å². The number of rotatable bonds is 7. The van der Waals surface area contributed by atoms with Gasteiger partial charge in [-0.1, -0.05) is 0 Å². The van der Waals surface area contributed by atoms with Crippen molar-refractivity contribution in [1.29, 1.82) is 0 Å². The molecular formula is C24H31FNO3P. The van der Waals surface area contributed by atoms with Gasteiger partial charge in [-0.2, -0.15) is 0 Å². The molecule has 6 heteroatoms. The van der Waals surface area contributed by atoms with Crippen LogP contribution in [0.3, 0.4) is 0 Å². The van der Waals surface area contributed by atoms with Crippen LogP contribution in [-0.2, 0) is 20.9 Å². The van der Waals surface area contributed by atoms with E-state index in [1.807, 2.05) is 37.3 Å². The number of carbonyl (C=O) groups is 2. The number of hydrogen-bond acceptors (Lipinski definition) is 3. The third kappa shape index (κ3) is 5.26. The van der Waals surface area contributed by atoms with Crippen LogP contribution >= 0.6 is 7.26 Å². The zero-order chi connectivity index (χ0) is 21.7. The molecule has 0 aromatic heterocycles. The van der Waals surface area contributed by atoms with Gasteiger partial charge in [0.25, 0.3) is 0 Å². The molecule has 1 aliphatic heterocycles. The van der Waals surface area contributed by atoms with Crippen LogP contribution < -0.4 is 5.32 Å². The maximum absolute atomic E-state index is 13.6. The second-order valence-corrected chi connectivity index (χ2v) is 13.5. The van der Waals surface area contributed by atoms with Crippen molar-refractivity contribution in [2.45, 2.75) is 45.9 Å². The summed E-state index contributed by atoms with van der Waals surface area (Å²) in [5, 5.41) is 3.02. The first-order valence-electron chi connectivity index (χ1n) is 10.6. The Balaban J connectivity index is 1.68. The summed E-state index contributed by atoms with van der Waals surface area (Å²) in [7, 11) is -2.16. The molecule has 1 aliphatic rings. The molecule has 1 unspecified atom stereocenters. The summed E-state index contributed by atoms with van der Waals surface area (Å²) in [6, 6.07) is 12.5. The molecule has 1 atom stereocenters. The van der Waals surface area contributed by atoms with Crippen LogP contribution in [0.15, 0.2) is 42.5 Å². The Morgan fingerprint density at radius 3 is 2.30 bits per heavy atom. The molecule has 3 rings (SSSR count). The van der Waals surface area contributed by atoms with Gasteiger partial charge in [-0.25, -0.2) is 0 Å². The number of anilines is 1. The third-order valence-electron chi connectivity index (χ3n) is 6.40. The van der Waals surface area contributed by atoms with Gasteiger partial charge in [0.15, 0.2) is 0 Å². The van der Waals surface area contributed by atoms with Crippen molar-refractivity contribution in [2.24, 2.45) is 0 Å². The summed E-state index contributed by atoms with van der Waals surface area (Å²) in [5.74, 6) is -0.586. The summed E-state index contributed by atoms with van der Waals surface area (Å²) in [4.78, 5) is 25.8. The first-order chi connectivity index (χ1) is 14.3. The summed E-state index contributed by atoms with van der Waals surface area (Å²) in [6.45, 7) is 5.80. The number of amides is 1. The second kappa shape index (κ2) is 9.70. The average Bonchev–Trinajstić information content (AvgIpc) is 3.18. The van der Waals surface area contributed by atoms with Crippen LogP contribution in [0.2, 0.25) is 0 Å². The third-order valence-corrected chi connectivity index (χ3v) is 12.2. The predicted octanol–water partition coefficient (Wildman–Crippen LogP) is 5.06. The minimum absolute atomic E-state index is 0.0720. The van der Waals surface area contributed by atoms with Crippen LogP contribution in [0.5, 0.6) is 0 Å². The Kier molecular flexibility index (Phi) is 7.25. The van der Waals surface area contributed by atoms with Gasteiger partial charge in [0.2, 0.25) is 0 Å². The SMILES string of the molecule is Cc1cc(F)cc(C)c1NC(=O)C(C)[PH]1(CC(=O)OCc2ccccc2)CCCC1. The number of carbonyl (C=O) groups excluding carboxylic acids is 2. The predicted molar refractivity (Wildman–Crippen MR) is 122 cm³/mol. The van der Waals surface area contributed by atoms with Gasteiger partial charge in [-0.05, 0) is 0 Å². The van der Waals surface area contributed by atoms with E-state index < -0.39 is 7.26 Å². The van der Waals surface area contributed by atoms with Gasteiger partial charge in [0.05, 0.1) is 0 Å². The van der Waals surface area contributed by atoms with E-state index in [0.29, 0.717) is 23.0 Å². The summed E-state index contributed by atoms with van der Waals surface area (Å²) < 4.78 is 19.1. The molecule has 4 nitrogen and oxygen atoms in total. The van der Waals surface area contributed by atoms with E-state index in [2.05, 4.69) is 5.32 Å². The van der Waals surface area contributed by atoms with E-state index in [1.165, 1.54) is 12.1 Å². The molecule has 0 bridgehead atoms. The van der Waals surface area contributed by atoms with E-state index in [9.17, 15) is 14.0 Å². The van der Waals surface area contributed by atoms with Crippen molar-refractivity contribution < 1.29 is 18.7 Å². The average molecular weight is 431 g/mol. The van der Waals surface area contributed by atoms with Crippen molar-refractivity contribution in [2.75, 3.05) is 23.8 Å². The van der Waals surface area contributed by atoms with E-state index >= 15 is 0 Å². The van der Waals surface area contributed by atoms with Crippen LogP contribution in [0, 0.1) is 19.7 Å². The molecule has 0 saturated carbocycles. The molecule has 1 fully saturated rings. The van der Waals surface area contributed by atoms with Gasteiger partial charge in [0, 0.05) is 0 Å². The first kappa shape index (κ1) is 22.4. The maximum atomic E-state index is 13.6. The Hall–Kier alpha value is -2.26. The molecule has 0 aliphatic carbocycles. The summed E-state index contributed by atoms with van der Waals surface area (Å²) >= 11 is 0. The van der Waals surface area contributed by atoms with Gasteiger partial charge >= 0.3 is 178 Å². The van der Waals surface area contributed by atoms with Crippen LogP contribution in [-0.4, -0.2) is 36.0 Å². The van der Waals surface area contributed by atoms with Crippen LogP contribution in [0.1, 0.15) is 36.5 Å². The molecule has 0 radical (unpaired) electrons. The zero-order valence-electron chi connectivity index (χ0n) is 18.0. The first-order valence-corrected chi connectivity index (χ1v) is 13.3. The fraction of sp³-hybridized carbons (Fsp3) is 0.417. The van der Waals surface area contributed by atoms with Gasteiger partial charge in [-0.15, -0.1) is 0 Å². The van der Waals surface area contributed by atoms with Crippen molar-refractivity contribution in [3.8, 4) is 0 Å². The normalized spacial score (nSPS) is 17.2. The molecular weight excluding hydrogens is 400 g/mol. The standard InChI is InChI=1S/C24H31FNO3P/c1-17-13-21(25)14-18(2)23(17)26-24(28)19(3)30(11-7-8-12-30)16-22(27)29-15-20-9-5-4-6-10-20/h4-6,9-10,13-14,19,30H,7-8,11-12,15-16H2,1-3H3,(H,26,28). The molecule has 30 heavy (non-hydrogen) atoms. The van der Waals surface area contributed by atoms with Gasteiger partial charge in [-0.3, -0.25) is 0 Å². The quantitative estimate of drug-likeness (QED) is 0.493. The molecule has 1 amide bonds. The number of ether oxygens (including phenoxy) is 1. The van der Waals surface area contributed by atoms with Crippen molar-refractivity contribution in [3.05, 3.63) is 65.0 Å². The Morgan fingerprint density at radius 1 is 1.10 bits per heavy atom. The fourth-order valence-corrected chi connectivity index (χ4v) is 9.53. The monoisotopic (exact) mass is 431 g/mol. The fourth-order valence-electron chi connectivity index (χ4n) is 4.54. The number of nitrogens with one attached hydrogen (secondary N) is 1. The molecule has 2 aromatic carbocycles. The van der Waals surface area contributed by atoms with E-state index in [-0.39, 0.29) is 30.0 Å². The molecule has 0 spiro atoms. The van der Waals surface area contributed by atoms with E-state index in [1.54, 1.807) is 13.8 Å². The summed E-state index contributed by atoms with van der Waals surface area (Å²) in [5.41, 5.74) is 2.83. The van der Waals surface area contributed by atoms with Gasteiger partial charge < -0.3 is 0 Å². The van der Waals surface area contributed by atoms with Crippen molar-refractivity contribution in [1.82, 2.24) is 0 Å². The van der Waals surface area contributed by atoms with Crippen LogP contribution in [0.4, 0.5) is 10.1 Å². The summed E-state index contributed by atoms with van der Waals surface area (Å²) in [6.07, 6.45) is 4.41. The molecule has 1 saturated heterocycles. The number of benzene rings is 2. The molecule has 1 heterocycles. The molecule has 2 aromatic rings. The Bertz CT molecular complexity index is 887. The van der Waals surface area contributed by atoms with Crippen molar-refractivity contribution >= 4 is 24.8 Å². The van der Waals surface area contributed by atoms with E-state index in [0.717, 1.165) is 30.7 Å². The number of hydrogen-bond donors (Lipinski definition) is 1. The topological polar surface area (TPSA) is 55.4 Å². The second-order valence-electron chi connectivity index (χ2n) is 8.52. The number of esters is 1. The van der Waals surface area contributed by atoms with E-state index in [4.69, 9.17) is 4.74 Å².